The van der Waals surface area contributed by atoms with Gasteiger partial charge in [0.1, 0.15) is 12.4 Å². The van der Waals surface area contributed by atoms with E-state index in [0.717, 1.165) is 32.6 Å². The number of aryl methyl sites for hydroxylation is 1. The Morgan fingerprint density at radius 1 is 1.06 bits per heavy atom. The molecular weight excluding hydrogens is 462 g/mol. The predicted octanol–water partition coefficient (Wildman–Crippen LogP) is 2.84. The lowest BCUT2D eigenvalue weighted by molar-refractivity contribution is 0.0951. The van der Waals surface area contributed by atoms with Crippen molar-refractivity contribution in [3.05, 3.63) is 110 Å². The van der Waals surface area contributed by atoms with Gasteiger partial charge in [-0.15, -0.1) is 4.74 Å². The van der Waals surface area contributed by atoms with E-state index in [9.17, 15) is 14.4 Å². The number of nitrogens with zero attached hydrogens (tertiary/aromatic N) is 1. The van der Waals surface area contributed by atoms with Crippen molar-refractivity contribution < 1.29 is 19.2 Å². The second kappa shape index (κ2) is 11.4. The predicted molar refractivity (Wildman–Crippen MR) is 134 cm³/mol. The number of carbonyl (C=O) groups is 1. The fourth-order valence-corrected chi connectivity index (χ4v) is 3.78. The molecule has 186 valence electrons. The highest BCUT2D eigenvalue weighted by molar-refractivity contribution is 5.95. The van der Waals surface area contributed by atoms with Crippen molar-refractivity contribution in [3.63, 3.8) is 0 Å². The Morgan fingerprint density at radius 3 is 2.56 bits per heavy atom. The van der Waals surface area contributed by atoms with E-state index >= 15 is 0 Å². The summed E-state index contributed by atoms with van der Waals surface area (Å²) in [6.45, 7) is 2.95. The van der Waals surface area contributed by atoms with Gasteiger partial charge in [-0.05, 0) is 71.5 Å². The van der Waals surface area contributed by atoms with Gasteiger partial charge >= 0.3 is 11.4 Å². The van der Waals surface area contributed by atoms with Gasteiger partial charge in [0.05, 0.1) is 6.54 Å². The Balaban J connectivity index is 1.39. The summed E-state index contributed by atoms with van der Waals surface area (Å²) < 4.78 is 11.7. The van der Waals surface area contributed by atoms with Crippen LogP contribution in [0.15, 0.2) is 80.8 Å². The number of hydrogen-bond donors (Lipinski definition) is 3. The Kier molecular flexibility index (Phi) is 7.82. The Morgan fingerprint density at radius 2 is 1.86 bits per heavy atom. The first kappa shape index (κ1) is 24.7. The molecule has 0 spiro atoms. The minimum atomic E-state index is -0.784. The maximum absolute atomic E-state index is 12.3. The van der Waals surface area contributed by atoms with Crippen molar-refractivity contribution in [2.75, 3.05) is 13.2 Å². The first-order valence-electron chi connectivity index (χ1n) is 11.5. The zero-order chi connectivity index (χ0) is 25.5. The van der Waals surface area contributed by atoms with Gasteiger partial charge in [0.25, 0.3) is 5.91 Å². The summed E-state index contributed by atoms with van der Waals surface area (Å²) in [5.41, 5.74) is 4.80. The molecule has 9 nitrogen and oxygen atoms in total. The van der Waals surface area contributed by atoms with Crippen molar-refractivity contribution in [2.45, 2.75) is 26.5 Å². The number of H-pyrrole nitrogens is 1. The van der Waals surface area contributed by atoms with Gasteiger partial charge in [0, 0.05) is 18.7 Å². The summed E-state index contributed by atoms with van der Waals surface area (Å²) >= 11 is 0. The minimum Gasteiger partial charge on any atom is -0.489 e. The molecule has 0 radical (unpaired) electrons. The minimum absolute atomic E-state index is 0.0427. The Hall–Kier alpha value is -4.37. The number of hydrogen-bond acceptors (Lipinski definition) is 6. The molecule has 1 amide bonds. The number of ether oxygens (including phenoxy) is 1. The number of aliphatic hydroxyl groups excluding tert-OH is 1. The highest BCUT2D eigenvalue weighted by Crippen LogP contribution is 2.26. The molecule has 9 heteroatoms. The molecule has 1 aromatic heterocycles. The Labute approximate surface area is 206 Å². The van der Waals surface area contributed by atoms with Gasteiger partial charge < -0.3 is 19.7 Å². The molecule has 0 bridgehead atoms. The van der Waals surface area contributed by atoms with Crippen LogP contribution in [0.2, 0.25) is 0 Å². The van der Waals surface area contributed by atoms with E-state index in [0.29, 0.717) is 30.9 Å². The lowest BCUT2D eigenvalue weighted by Crippen LogP contribution is -2.25. The van der Waals surface area contributed by atoms with E-state index in [-0.39, 0.29) is 19.1 Å². The second-order valence-electron chi connectivity index (χ2n) is 8.34. The molecule has 0 aliphatic rings. The number of carbonyl (C=O) groups excluding carboxylic acids is 1. The highest BCUT2D eigenvalue weighted by Gasteiger charge is 2.10. The number of aromatic amines is 1. The van der Waals surface area contributed by atoms with Crippen molar-refractivity contribution in [1.29, 1.82) is 0 Å². The molecule has 1 heterocycles. The van der Waals surface area contributed by atoms with Crippen molar-refractivity contribution in [3.8, 4) is 16.9 Å². The van der Waals surface area contributed by atoms with Crippen LogP contribution in [0.3, 0.4) is 0 Å². The van der Waals surface area contributed by atoms with Crippen LogP contribution in [-0.2, 0) is 13.2 Å². The first-order chi connectivity index (χ1) is 17.4. The summed E-state index contributed by atoms with van der Waals surface area (Å²) in [5, 5.41) is 11.7. The van der Waals surface area contributed by atoms with Crippen LogP contribution >= 0.6 is 0 Å². The van der Waals surface area contributed by atoms with E-state index in [1.165, 1.54) is 0 Å². The lowest BCUT2D eigenvalue weighted by Gasteiger charge is -2.12. The van der Waals surface area contributed by atoms with Crippen LogP contribution in [0.25, 0.3) is 11.1 Å². The molecule has 0 unspecified atom stereocenters. The summed E-state index contributed by atoms with van der Waals surface area (Å²) in [5.74, 6) is -0.274. The largest absolute Gasteiger partial charge is 0.489 e. The molecule has 0 aliphatic heterocycles. The average molecular weight is 490 g/mol. The van der Waals surface area contributed by atoms with Crippen LogP contribution < -0.4 is 21.5 Å². The number of aromatic nitrogens is 2. The van der Waals surface area contributed by atoms with Crippen LogP contribution in [-0.4, -0.2) is 33.9 Å². The smallest absolute Gasteiger partial charge is 0.440 e. The third kappa shape index (κ3) is 6.19. The molecule has 36 heavy (non-hydrogen) atoms. The molecular formula is C27H27N3O6. The Bertz CT molecular complexity index is 1450. The number of benzene rings is 3. The van der Waals surface area contributed by atoms with E-state index < -0.39 is 11.4 Å². The van der Waals surface area contributed by atoms with Gasteiger partial charge in [-0.2, -0.15) is 0 Å². The van der Waals surface area contributed by atoms with Gasteiger partial charge in [-0.1, -0.05) is 36.4 Å². The van der Waals surface area contributed by atoms with Crippen molar-refractivity contribution in [1.82, 2.24) is 15.0 Å². The third-order valence-corrected chi connectivity index (χ3v) is 5.63. The fraction of sp³-hybridized carbons (Fsp3) is 0.222. The second-order valence-corrected chi connectivity index (χ2v) is 8.34. The molecule has 3 N–H and O–H groups in total. The normalized spacial score (nSPS) is 10.8. The topological polar surface area (TPSA) is 127 Å². The number of amides is 1. The molecule has 3 aromatic carbocycles. The summed E-state index contributed by atoms with van der Waals surface area (Å²) in [4.78, 5) is 37.0. The molecule has 0 saturated heterocycles. The van der Waals surface area contributed by atoms with E-state index in [1.807, 2.05) is 42.2 Å². The van der Waals surface area contributed by atoms with Crippen molar-refractivity contribution >= 4 is 5.91 Å². The fourth-order valence-electron chi connectivity index (χ4n) is 3.78. The number of aliphatic hydroxyl groups is 1. The molecule has 0 fully saturated rings. The summed E-state index contributed by atoms with van der Waals surface area (Å²) in [6.07, 6.45) is 0.524. The van der Waals surface area contributed by atoms with Crippen molar-refractivity contribution in [2.24, 2.45) is 0 Å². The van der Waals surface area contributed by atoms with E-state index in [2.05, 4.69) is 11.4 Å². The van der Waals surface area contributed by atoms with Gasteiger partial charge in [-0.25, -0.2) is 14.6 Å². The first-order valence-corrected chi connectivity index (χ1v) is 11.5. The van der Waals surface area contributed by atoms with Crippen LogP contribution in [0.4, 0.5) is 0 Å². The lowest BCUT2D eigenvalue weighted by atomic mass is 9.97. The molecule has 4 aromatic rings. The van der Waals surface area contributed by atoms with Crippen LogP contribution in [0.1, 0.15) is 33.5 Å². The number of nitrogens with one attached hydrogen (secondary N) is 2. The van der Waals surface area contributed by atoms with Crippen LogP contribution in [0.5, 0.6) is 5.75 Å². The SMILES string of the molecule is Cc1cc(C(=O)NCCCO)ccc1-c1cccc(COc2ccc(Cn3oc(=O)[nH]c3=O)cc2)c1. The zero-order valence-electron chi connectivity index (χ0n) is 19.8. The highest BCUT2D eigenvalue weighted by atomic mass is 16.5. The molecule has 0 aliphatic carbocycles. The quantitative estimate of drug-likeness (QED) is 0.294. The van der Waals surface area contributed by atoms with Gasteiger partial charge in [0.2, 0.25) is 0 Å². The van der Waals surface area contributed by atoms with Gasteiger partial charge in [-0.3, -0.25) is 4.79 Å². The maximum Gasteiger partial charge on any atom is 0.440 e. The molecule has 0 saturated carbocycles. The molecule has 0 atom stereocenters. The average Bonchev–Trinajstić information content (AvgIpc) is 3.20. The van der Waals surface area contributed by atoms with E-state index in [1.54, 1.807) is 30.3 Å². The molecule has 4 rings (SSSR count). The summed E-state index contributed by atoms with van der Waals surface area (Å²) in [7, 11) is 0. The number of rotatable bonds is 10. The maximum atomic E-state index is 12.3. The standard InChI is InChI=1S/C27H27N3O6/c1-18-14-22(25(32)28-12-3-13-31)8-11-24(18)21-5-2-4-20(15-21)17-35-23-9-6-19(7-10-23)16-30-26(33)29-27(34)36-30/h2,4-11,14-15,31H,3,12-13,16-17H2,1H3,(H,28,32)(H,29,33,34). The van der Waals surface area contributed by atoms with Gasteiger partial charge in [0.15, 0.2) is 0 Å². The van der Waals surface area contributed by atoms with E-state index in [4.69, 9.17) is 14.4 Å². The third-order valence-electron chi connectivity index (χ3n) is 5.63. The monoisotopic (exact) mass is 489 g/mol. The zero-order valence-corrected chi connectivity index (χ0v) is 19.8. The van der Waals surface area contributed by atoms with Crippen LogP contribution in [0, 0.1) is 6.92 Å². The summed E-state index contributed by atoms with van der Waals surface area (Å²) in [6, 6.07) is 20.8.